The topological polar surface area (TPSA) is 60.2 Å². The monoisotopic (exact) mass is 326 g/mol. The van der Waals surface area contributed by atoms with Gasteiger partial charge >= 0.3 is 0 Å². The van der Waals surface area contributed by atoms with Gasteiger partial charge in [0, 0.05) is 26.3 Å². The van der Waals surface area contributed by atoms with Crippen LogP contribution in [-0.4, -0.2) is 52.1 Å². The third-order valence-electron chi connectivity index (χ3n) is 5.30. The molecule has 0 saturated carbocycles. The molecule has 6 nitrogen and oxygen atoms in total. The van der Waals surface area contributed by atoms with E-state index in [0.717, 1.165) is 31.4 Å². The van der Waals surface area contributed by atoms with Crippen molar-refractivity contribution < 1.29 is 9.53 Å². The number of benzene rings is 1. The fourth-order valence-electron chi connectivity index (χ4n) is 3.94. The predicted octanol–water partition coefficient (Wildman–Crippen LogP) is 1.80. The lowest BCUT2D eigenvalue weighted by Crippen LogP contribution is -2.49. The minimum atomic E-state index is -0.452. The number of nitrogens with zero attached hydrogens (tertiary/aromatic N) is 4. The summed E-state index contributed by atoms with van der Waals surface area (Å²) >= 11 is 0. The molecule has 0 aliphatic carbocycles. The molecular formula is C18H22N4O2. The molecule has 2 saturated heterocycles. The van der Waals surface area contributed by atoms with E-state index in [2.05, 4.69) is 22.3 Å². The van der Waals surface area contributed by atoms with Crippen LogP contribution < -0.4 is 0 Å². The zero-order valence-corrected chi connectivity index (χ0v) is 13.7. The van der Waals surface area contributed by atoms with Crippen LogP contribution >= 0.6 is 0 Å². The average molecular weight is 326 g/mol. The van der Waals surface area contributed by atoms with Gasteiger partial charge in [-0.2, -0.15) is 15.0 Å². The molecule has 0 spiro atoms. The Hall–Kier alpha value is -2.21. The van der Waals surface area contributed by atoms with Crippen molar-refractivity contribution in [2.24, 2.45) is 0 Å². The zero-order valence-electron chi connectivity index (χ0n) is 13.7. The molecule has 1 unspecified atom stereocenters. The Bertz CT molecular complexity index is 680. The standard InChI is InChI=1S/C18H22N4O2/c23-17(21-11-6-16(14-21)22-19-9-10-20-22)18(7-12-24-13-8-18)15-4-2-1-3-5-15/h1-5,9-10,16H,6-8,11-14H2. The molecule has 6 heteroatoms. The van der Waals surface area contributed by atoms with Crippen LogP contribution in [0.15, 0.2) is 42.7 Å². The summed E-state index contributed by atoms with van der Waals surface area (Å²) < 4.78 is 5.54. The summed E-state index contributed by atoms with van der Waals surface area (Å²) in [5.74, 6) is 0.228. The van der Waals surface area contributed by atoms with Crippen molar-refractivity contribution in [3.8, 4) is 0 Å². The van der Waals surface area contributed by atoms with Crippen LogP contribution in [0.5, 0.6) is 0 Å². The molecule has 24 heavy (non-hydrogen) atoms. The van der Waals surface area contributed by atoms with E-state index in [1.165, 1.54) is 0 Å². The molecule has 1 atom stereocenters. The van der Waals surface area contributed by atoms with Crippen LogP contribution in [-0.2, 0) is 14.9 Å². The van der Waals surface area contributed by atoms with E-state index >= 15 is 0 Å². The molecule has 1 aromatic carbocycles. The summed E-state index contributed by atoms with van der Waals surface area (Å²) in [4.78, 5) is 17.2. The Balaban J connectivity index is 1.58. The third kappa shape index (κ3) is 2.60. The van der Waals surface area contributed by atoms with Gasteiger partial charge in [0.2, 0.25) is 5.91 Å². The maximum Gasteiger partial charge on any atom is 0.233 e. The van der Waals surface area contributed by atoms with Crippen molar-refractivity contribution in [2.45, 2.75) is 30.7 Å². The number of carbonyl (C=O) groups excluding carboxylic acids is 1. The van der Waals surface area contributed by atoms with Crippen molar-refractivity contribution >= 4 is 5.91 Å². The average Bonchev–Trinajstić information content (AvgIpc) is 3.34. The number of carbonyl (C=O) groups is 1. The van der Waals surface area contributed by atoms with Gasteiger partial charge in [0.1, 0.15) is 0 Å². The van der Waals surface area contributed by atoms with Gasteiger partial charge in [0.05, 0.1) is 23.9 Å². The quantitative estimate of drug-likeness (QED) is 0.863. The van der Waals surface area contributed by atoms with Crippen LogP contribution in [0.1, 0.15) is 30.9 Å². The number of aromatic nitrogens is 3. The zero-order chi connectivity index (χ0) is 16.4. The lowest BCUT2D eigenvalue weighted by Gasteiger charge is -2.39. The van der Waals surface area contributed by atoms with Crippen LogP contribution in [0.2, 0.25) is 0 Å². The lowest BCUT2D eigenvalue weighted by molar-refractivity contribution is -0.140. The fraction of sp³-hybridized carbons (Fsp3) is 0.500. The summed E-state index contributed by atoms with van der Waals surface area (Å²) in [5.41, 5.74) is 0.658. The van der Waals surface area contributed by atoms with Crippen molar-refractivity contribution in [3.05, 3.63) is 48.3 Å². The molecular weight excluding hydrogens is 304 g/mol. The highest BCUT2D eigenvalue weighted by atomic mass is 16.5. The Kier molecular flexibility index (Phi) is 4.06. The molecule has 4 rings (SSSR count). The van der Waals surface area contributed by atoms with Crippen molar-refractivity contribution in [1.29, 1.82) is 0 Å². The molecule has 126 valence electrons. The number of rotatable bonds is 3. The summed E-state index contributed by atoms with van der Waals surface area (Å²) in [5, 5.41) is 8.46. The fourth-order valence-corrected chi connectivity index (χ4v) is 3.94. The smallest absolute Gasteiger partial charge is 0.233 e. The third-order valence-corrected chi connectivity index (χ3v) is 5.30. The van der Waals surface area contributed by atoms with Crippen molar-refractivity contribution in [1.82, 2.24) is 19.9 Å². The Morgan fingerprint density at radius 3 is 2.54 bits per heavy atom. The second kappa shape index (κ2) is 6.36. The molecule has 1 amide bonds. The predicted molar refractivity (Wildman–Crippen MR) is 88.4 cm³/mol. The van der Waals surface area contributed by atoms with Crippen LogP contribution in [0, 0.1) is 0 Å². The Morgan fingerprint density at radius 2 is 1.83 bits per heavy atom. The van der Waals surface area contributed by atoms with Gasteiger partial charge in [-0.3, -0.25) is 4.79 Å². The highest BCUT2D eigenvalue weighted by molar-refractivity contribution is 5.88. The second-order valence-electron chi connectivity index (χ2n) is 6.60. The number of ether oxygens (including phenoxy) is 1. The van der Waals surface area contributed by atoms with Crippen molar-refractivity contribution in [3.63, 3.8) is 0 Å². The maximum atomic E-state index is 13.5. The first-order valence-corrected chi connectivity index (χ1v) is 8.58. The summed E-state index contributed by atoms with van der Waals surface area (Å²) in [6.07, 6.45) is 5.78. The Morgan fingerprint density at radius 1 is 1.12 bits per heavy atom. The largest absolute Gasteiger partial charge is 0.381 e. The highest BCUT2D eigenvalue weighted by Gasteiger charge is 2.45. The minimum Gasteiger partial charge on any atom is -0.381 e. The van der Waals surface area contributed by atoms with Crippen LogP contribution in [0.25, 0.3) is 0 Å². The molecule has 1 aromatic heterocycles. The van der Waals surface area contributed by atoms with Gasteiger partial charge < -0.3 is 9.64 Å². The minimum absolute atomic E-state index is 0.177. The van der Waals surface area contributed by atoms with Gasteiger partial charge in [0.15, 0.2) is 0 Å². The number of hydrogen-bond donors (Lipinski definition) is 0. The molecule has 0 N–H and O–H groups in total. The molecule has 0 bridgehead atoms. The SMILES string of the molecule is O=C(N1CCC(n2nccn2)C1)C1(c2ccccc2)CCOCC1. The van der Waals surface area contributed by atoms with Gasteiger partial charge in [-0.25, -0.2) is 0 Å². The number of likely N-dealkylation sites (tertiary alicyclic amines) is 1. The van der Waals surface area contributed by atoms with Crippen molar-refractivity contribution in [2.75, 3.05) is 26.3 Å². The van der Waals surface area contributed by atoms with Gasteiger partial charge in [-0.1, -0.05) is 30.3 Å². The molecule has 2 aliphatic heterocycles. The van der Waals surface area contributed by atoms with E-state index in [1.54, 1.807) is 17.2 Å². The maximum absolute atomic E-state index is 13.5. The number of hydrogen-bond acceptors (Lipinski definition) is 4. The van der Waals surface area contributed by atoms with Gasteiger partial charge in [0.25, 0.3) is 0 Å². The van der Waals surface area contributed by atoms with Crippen LogP contribution in [0.3, 0.4) is 0 Å². The van der Waals surface area contributed by atoms with Gasteiger partial charge in [-0.15, -0.1) is 0 Å². The van der Waals surface area contributed by atoms with E-state index in [1.807, 2.05) is 23.1 Å². The lowest BCUT2D eigenvalue weighted by atomic mass is 9.73. The summed E-state index contributed by atoms with van der Waals surface area (Å²) in [7, 11) is 0. The first-order chi connectivity index (χ1) is 11.8. The van der Waals surface area contributed by atoms with E-state index in [9.17, 15) is 4.79 Å². The number of amides is 1. The van der Waals surface area contributed by atoms with E-state index in [4.69, 9.17) is 4.74 Å². The Labute approximate surface area is 141 Å². The first kappa shape index (κ1) is 15.3. The molecule has 2 fully saturated rings. The van der Waals surface area contributed by atoms with E-state index in [-0.39, 0.29) is 11.9 Å². The molecule has 0 radical (unpaired) electrons. The molecule has 2 aliphatic rings. The second-order valence-corrected chi connectivity index (χ2v) is 6.60. The van der Waals surface area contributed by atoms with Crippen LogP contribution in [0.4, 0.5) is 0 Å². The highest BCUT2D eigenvalue weighted by Crippen LogP contribution is 2.38. The molecule has 2 aromatic rings. The normalized spacial score (nSPS) is 23.3. The van der Waals surface area contributed by atoms with Gasteiger partial charge in [-0.05, 0) is 24.8 Å². The summed E-state index contributed by atoms with van der Waals surface area (Å²) in [6, 6.07) is 10.4. The van der Waals surface area contributed by atoms with E-state index in [0.29, 0.717) is 19.8 Å². The first-order valence-electron chi connectivity index (χ1n) is 8.58. The molecule has 3 heterocycles. The summed E-state index contributed by atoms with van der Waals surface area (Å²) in [6.45, 7) is 2.72. The van der Waals surface area contributed by atoms with E-state index < -0.39 is 5.41 Å².